The van der Waals surface area contributed by atoms with Crippen molar-refractivity contribution in [3.63, 3.8) is 0 Å². The zero-order chi connectivity index (χ0) is 18.1. The molecular formula is C17H22N8O. The van der Waals surface area contributed by atoms with Gasteiger partial charge in [-0.3, -0.25) is 4.79 Å². The highest BCUT2D eigenvalue weighted by molar-refractivity contribution is 5.92. The molecule has 0 unspecified atom stereocenters. The van der Waals surface area contributed by atoms with E-state index in [-0.39, 0.29) is 11.8 Å². The quantitative estimate of drug-likeness (QED) is 0.761. The number of aryl methyl sites for hydroxylation is 1. The summed E-state index contributed by atoms with van der Waals surface area (Å²) in [6.45, 7) is 5.34. The van der Waals surface area contributed by atoms with Crippen LogP contribution < -0.4 is 5.32 Å². The van der Waals surface area contributed by atoms with Crippen molar-refractivity contribution in [3.8, 4) is 0 Å². The lowest BCUT2D eigenvalue weighted by Gasteiger charge is -2.11. The summed E-state index contributed by atoms with van der Waals surface area (Å²) >= 11 is 0. The van der Waals surface area contributed by atoms with Crippen LogP contribution in [0.3, 0.4) is 0 Å². The molecule has 0 bridgehead atoms. The molecule has 1 amide bonds. The van der Waals surface area contributed by atoms with Gasteiger partial charge in [0.05, 0.1) is 12.2 Å². The lowest BCUT2D eigenvalue weighted by molar-refractivity contribution is 0.0944. The third-order valence-electron chi connectivity index (χ3n) is 4.70. The van der Waals surface area contributed by atoms with Gasteiger partial charge in [-0.1, -0.05) is 20.3 Å². The van der Waals surface area contributed by atoms with E-state index in [0.717, 1.165) is 43.1 Å². The average molecular weight is 354 g/mol. The standard InChI is InChI=1S/C17H22N8O/c1-11(2)13-8-12(21-17-19-10-20-25(13)17)16(26)18-9-15-23-22-14-6-4-3-5-7-24(14)15/h8,10-11H,3-7,9H2,1-2H3,(H,18,26). The van der Waals surface area contributed by atoms with Crippen molar-refractivity contribution in [1.29, 1.82) is 0 Å². The highest BCUT2D eigenvalue weighted by Crippen LogP contribution is 2.16. The van der Waals surface area contributed by atoms with E-state index in [4.69, 9.17) is 0 Å². The first kappa shape index (κ1) is 16.6. The maximum atomic E-state index is 12.6. The Morgan fingerprint density at radius 2 is 2.15 bits per heavy atom. The van der Waals surface area contributed by atoms with E-state index in [1.165, 1.54) is 12.7 Å². The van der Waals surface area contributed by atoms with Crippen LogP contribution >= 0.6 is 0 Å². The highest BCUT2D eigenvalue weighted by atomic mass is 16.1. The van der Waals surface area contributed by atoms with E-state index in [1.54, 1.807) is 10.6 Å². The average Bonchev–Trinajstić information content (AvgIpc) is 3.19. The van der Waals surface area contributed by atoms with Gasteiger partial charge in [-0.2, -0.15) is 10.1 Å². The Kier molecular flexibility index (Phi) is 4.36. The highest BCUT2D eigenvalue weighted by Gasteiger charge is 2.18. The second-order valence-corrected chi connectivity index (χ2v) is 6.87. The number of amides is 1. The number of rotatable bonds is 4. The molecule has 136 valence electrons. The molecule has 3 aromatic heterocycles. The maximum absolute atomic E-state index is 12.6. The van der Waals surface area contributed by atoms with E-state index >= 15 is 0 Å². The summed E-state index contributed by atoms with van der Waals surface area (Å²) in [5.41, 5.74) is 1.23. The monoisotopic (exact) mass is 354 g/mol. The fourth-order valence-electron chi connectivity index (χ4n) is 3.29. The Labute approximate surface area is 150 Å². The molecule has 1 aliphatic rings. The van der Waals surface area contributed by atoms with Crippen molar-refractivity contribution in [2.45, 2.75) is 58.5 Å². The Balaban J connectivity index is 1.54. The van der Waals surface area contributed by atoms with Gasteiger partial charge in [-0.25, -0.2) is 9.50 Å². The van der Waals surface area contributed by atoms with Gasteiger partial charge in [0.15, 0.2) is 5.82 Å². The van der Waals surface area contributed by atoms with Gasteiger partial charge >= 0.3 is 0 Å². The fourth-order valence-corrected chi connectivity index (χ4v) is 3.29. The maximum Gasteiger partial charge on any atom is 0.270 e. The van der Waals surface area contributed by atoms with Crippen LogP contribution in [0.25, 0.3) is 5.78 Å². The number of nitrogens with one attached hydrogen (secondary N) is 1. The first-order valence-electron chi connectivity index (χ1n) is 9.03. The number of carbonyl (C=O) groups excluding carboxylic acids is 1. The van der Waals surface area contributed by atoms with Crippen molar-refractivity contribution in [2.24, 2.45) is 0 Å². The molecule has 1 aliphatic heterocycles. The molecule has 0 fully saturated rings. The predicted octanol–water partition coefficient (Wildman–Crippen LogP) is 1.50. The zero-order valence-corrected chi connectivity index (χ0v) is 15.0. The Bertz CT molecular complexity index is 942. The van der Waals surface area contributed by atoms with Crippen LogP contribution in [0.2, 0.25) is 0 Å². The smallest absolute Gasteiger partial charge is 0.270 e. The number of fused-ring (bicyclic) bond motifs is 2. The van der Waals surface area contributed by atoms with Crippen LogP contribution in [0, 0.1) is 0 Å². The lowest BCUT2D eigenvalue weighted by atomic mass is 10.1. The van der Waals surface area contributed by atoms with Crippen molar-refractivity contribution in [3.05, 3.63) is 35.4 Å². The van der Waals surface area contributed by atoms with E-state index in [2.05, 4.69) is 35.1 Å². The summed E-state index contributed by atoms with van der Waals surface area (Å²) in [5, 5.41) is 15.6. The second kappa shape index (κ2) is 6.81. The van der Waals surface area contributed by atoms with Crippen molar-refractivity contribution in [2.75, 3.05) is 0 Å². The molecule has 0 saturated heterocycles. The Morgan fingerprint density at radius 3 is 3.00 bits per heavy atom. The lowest BCUT2D eigenvalue weighted by Crippen LogP contribution is -2.26. The van der Waals surface area contributed by atoms with Gasteiger partial charge in [0.2, 0.25) is 0 Å². The van der Waals surface area contributed by atoms with Crippen LogP contribution in [0.5, 0.6) is 0 Å². The third-order valence-corrected chi connectivity index (χ3v) is 4.70. The van der Waals surface area contributed by atoms with Crippen LogP contribution in [-0.4, -0.2) is 40.3 Å². The van der Waals surface area contributed by atoms with E-state index in [0.29, 0.717) is 18.0 Å². The topological polar surface area (TPSA) is 103 Å². The Hall–Kier alpha value is -2.84. The van der Waals surface area contributed by atoms with Crippen LogP contribution in [-0.2, 0) is 19.5 Å². The summed E-state index contributed by atoms with van der Waals surface area (Å²) in [6, 6.07) is 1.77. The molecule has 0 radical (unpaired) electrons. The second-order valence-electron chi connectivity index (χ2n) is 6.87. The largest absolute Gasteiger partial charge is 0.343 e. The number of nitrogens with zero attached hydrogens (tertiary/aromatic N) is 7. The summed E-state index contributed by atoms with van der Waals surface area (Å²) < 4.78 is 3.79. The Morgan fingerprint density at radius 1 is 1.27 bits per heavy atom. The minimum atomic E-state index is -0.247. The zero-order valence-electron chi connectivity index (χ0n) is 15.0. The minimum absolute atomic E-state index is 0.195. The van der Waals surface area contributed by atoms with Gasteiger partial charge < -0.3 is 9.88 Å². The van der Waals surface area contributed by atoms with Gasteiger partial charge in [-0.05, 0) is 24.8 Å². The molecule has 3 aromatic rings. The third kappa shape index (κ3) is 3.04. The molecule has 26 heavy (non-hydrogen) atoms. The number of hydrogen-bond acceptors (Lipinski definition) is 6. The van der Waals surface area contributed by atoms with Gasteiger partial charge in [0.1, 0.15) is 17.8 Å². The van der Waals surface area contributed by atoms with Crippen LogP contribution in [0.15, 0.2) is 12.4 Å². The molecule has 9 heteroatoms. The van der Waals surface area contributed by atoms with Crippen LogP contribution in [0.4, 0.5) is 0 Å². The van der Waals surface area contributed by atoms with Crippen molar-refractivity contribution < 1.29 is 4.79 Å². The molecule has 0 atom stereocenters. The molecule has 0 aliphatic carbocycles. The molecule has 4 rings (SSSR count). The molecule has 0 aromatic carbocycles. The van der Waals surface area contributed by atoms with Gasteiger partial charge in [0.25, 0.3) is 11.7 Å². The normalized spacial score (nSPS) is 14.4. The molecule has 0 saturated carbocycles. The summed E-state index contributed by atoms with van der Waals surface area (Å²) in [7, 11) is 0. The van der Waals surface area contributed by atoms with E-state index in [1.807, 2.05) is 13.8 Å². The van der Waals surface area contributed by atoms with Crippen molar-refractivity contribution >= 4 is 11.7 Å². The number of aromatic nitrogens is 7. The molecule has 0 spiro atoms. The molecular weight excluding hydrogens is 332 g/mol. The first-order valence-corrected chi connectivity index (χ1v) is 9.03. The first-order chi connectivity index (χ1) is 12.6. The van der Waals surface area contributed by atoms with E-state index in [9.17, 15) is 4.79 Å². The summed E-state index contributed by atoms with van der Waals surface area (Å²) in [6.07, 6.45) is 5.86. The van der Waals surface area contributed by atoms with Gasteiger partial charge in [0, 0.05) is 13.0 Å². The van der Waals surface area contributed by atoms with Gasteiger partial charge in [-0.15, -0.1) is 10.2 Å². The molecule has 1 N–H and O–H groups in total. The number of carbonyl (C=O) groups is 1. The SMILES string of the molecule is CC(C)c1cc(C(=O)NCc2nnc3n2CCCCC3)nc2ncnn12. The molecule has 4 heterocycles. The minimum Gasteiger partial charge on any atom is -0.343 e. The molecule has 9 nitrogen and oxygen atoms in total. The van der Waals surface area contributed by atoms with Crippen LogP contribution in [0.1, 0.15) is 66.9 Å². The fraction of sp³-hybridized carbons (Fsp3) is 0.529. The van der Waals surface area contributed by atoms with E-state index < -0.39 is 0 Å². The summed E-state index contributed by atoms with van der Waals surface area (Å²) in [4.78, 5) is 21.1. The van der Waals surface area contributed by atoms with Crippen molar-refractivity contribution in [1.82, 2.24) is 39.7 Å². The summed E-state index contributed by atoms with van der Waals surface area (Å²) in [5.74, 6) is 2.18. The number of hydrogen-bond donors (Lipinski definition) is 1. The predicted molar refractivity (Wildman–Crippen MR) is 93.6 cm³/mol.